The smallest absolute Gasteiger partial charge is 0.119 e. The summed E-state index contributed by atoms with van der Waals surface area (Å²) < 4.78 is 0.896. The zero-order valence-corrected chi connectivity index (χ0v) is 10.5. The molecule has 0 aliphatic carbocycles. The second-order valence-corrected chi connectivity index (χ2v) is 4.88. The standard InChI is InChI=1S/C11H6BrN3S/c12-9-1-2-10(8(5-9)6-13)16-11-7-14-3-4-15-11/h1-5,7H. The molecule has 0 radical (unpaired) electrons. The lowest BCUT2D eigenvalue weighted by molar-refractivity contribution is 1.05. The molecule has 3 nitrogen and oxygen atoms in total. The molecule has 0 bridgehead atoms. The van der Waals surface area contributed by atoms with Gasteiger partial charge < -0.3 is 0 Å². The van der Waals surface area contributed by atoms with Gasteiger partial charge in [-0.1, -0.05) is 27.7 Å². The monoisotopic (exact) mass is 291 g/mol. The number of benzene rings is 1. The molecule has 0 aliphatic rings. The molecule has 2 rings (SSSR count). The molecule has 2 aromatic rings. The fourth-order valence-corrected chi connectivity index (χ4v) is 2.29. The highest BCUT2D eigenvalue weighted by atomic mass is 79.9. The summed E-state index contributed by atoms with van der Waals surface area (Å²) in [5, 5.41) is 9.78. The highest BCUT2D eigenvalue weighted by Crippen LogP contribution is 2.29. The van der Waals surface area contributed by atoms with Crippen LogP contribution in [0, 0.1) is 11.3 Å². The Morgan fingerprint density at radius 2 is 2.19 bits per heavy atom. The summed E-state index contributed by atoms with van der Waals surface area (Å²) in [6.45, 7) is 0. The highest BCUT2D eigenvalue weighted by molar-refractivity contribution is 9.10. The van der Waals surface area contributed by atoms with Crippen molar-refractivity contribution >= 4 is 27.7 Å². The molecule has 0 aliphatic heterocycles. The zero-order valence-electron chi connectivity index (χ0n) is 8.09. The van der Waals surface area contributed by atoms with Crippen molar-refractivity contribution in [3.63, 3.8) is 0 Å². The number of rotatable bonds is 2. The van der Waals surface area contributed by atoms with Gasteiger partial charge in [-0.3, -0.25) is 4.98 Å². The second kappa shape index (κ2) is 5.10. The van der Waals surface area contributed by atoms with Crippen LogP contribution in [-0.2, 0) is 0 Å². The molecule has 0 saturated carbocycles. The van der Waals surface area contributed by atoms with Crippen molar-refractivity contribution in [3.8, 4) is 6.07 Å². The number of halogens is 1. The molecule has 5 heteroatoms. The van der Waals surface area contributed by atoms with Gasteiger partial charge in [0.25, 0.3) is 0 Å². The van der Waals surface area contributed by atoms with Crippen molar-refractivity contribution in [3.05, 3.63) is 46.8 Å². The summed E-state index contributed by atoms with van der Waals surface area (Å²) >= 11 is 4.76. The van der Waals surface area contributed by atoms with Crippen LogP contribution in [0.1, 0.15) is 5.56 Å². The number of aromatic nitrogens is 2. The summed E-state index contributed by atoms with van der Waals surface area (Å²) in [5.74, 6) is 0. The van der Waals surface area contributed by atoms with Crippen LogP contribution in [0.2, 0.25) is 0 Å². The molecule has 0 unspecified atom stereocenters. The summed E-state index contributed by atoms with van der Waals surface area (Å²) in [5.41, 5.74) is 0.630. The van der Waals surface area contributed by atoms with Crippen molar-refractivity contribution in [2.24, 2.45) is 0 Å². The van der Waals surface area contributed by atoms with Crippen LogP contribution in [0.15, 0.2) is 51.2 Å². The second-order valence-electron chi connectivity index (χ2n) is 2.90. The Balaban J connectivity index is 2.32. The van der Waals surface area contributed by atoms with E-state index in [0.29, 0.717) is 5.56 Å². The first-order valence-corrected chi connectivity index (χ1v) is 6.04. The van der Waals surface area contributed by atoms with Gasteiger partial charge >= 0.3 is 0 Å². The largest absolute Gasteiger partial charge is 0.260 e. The van der Waals surface area contributed by atoms with E-state index >= 15 is 0 Å². The highest BCUT2D eigenvalue weighted by Gasteiger charge is 2.05. The molecule has 78 valence electrons. The van der Waals surface area contributed by atoms with E-state index in [9.17, 15) is 0 Å². The molecule has 1 heterocycles. The van der Waals surface area contributed by atoms with Crippen LogP contribution in [0.4, 0.5) is 0 Å². The first kappa shape index (κ1) is 11.1. The van der Waals surface area contributed by atoms with E-state index in [0.717, 1.165) is 14.4 Å². The van der Waals surface area contributed by atoms with Crippen LogP contribution in [-0.4, -0.2) is 9.97 Å². The van der Waals surface area contributed by atoms with E-state index < -0.39 is 0 Å². The topological polar surface area (TPSA) is 49.6 Å². The van der Waals surface area contributed by atoms with Gasteiger partial charge in [0.05, 0.1) is 11.8 Å². The lowest BCUT2D eigenvalue weighted by Crippen LogP contribution is -1.84. The fraction of sp³-hybridized carbons (Fsp3) is 0. The Morgan fingerprint density at radius 1 is 1.31 bits per heavy atom. The SMILES string of the molecule is N#Cc1cc(Br)ccc1Sc1cnccn1. The minimum atomic E-state index is 0.630. The van der Waals surface area contributed by atoms with Gasteiger partial charge in [0.2, 0.25) is 0 Å². The molecule has 0 amide bonds. The van der Waals surface area contributed by atoms with Crippen LogP contribution in [0.5, 0.6) is 0 Å². The maximum atomic E-state index is 9.00. The number of hydrogen-bond donors (Lipinski definition) is 0. The third-order valence-electron chi connectivity index (χ3n) is 1.82. The lowest BCUT2D eigenvalue weighted by atomic mass is 10.2. The van der Waals surface area contributed by atoms with Gasteiger partial charge in [0, 0.05) is 21.8 Å². The molecule has 16 heavy (non-hydrogen) atoms. The average Bonchev–Trinajstić information content (AvgIpc) is 2.33. The lowest BCUT2D eigenvalue weighted by Gasteiger charge is -2.02. The van der Waals surface area contributed by atoms with Gasteiger partial charge in [-0.25, -0.2) is 4.98 Å². The van der Waals surface area contributed by atoms with Gasteiger partial charge in [-0.05, 0) is 18.2 Å². The summed E-state index contributed by atoms with van der Waals surface area (Å²) in [4.78, 5) is 9.01. The van der Waals surface area contributed by atoms with E-state index in [2.05, 4.69) is 32.0 Å². The minimum Gasteiger partial charge on any atom is -0.260 e. The number of nitrogens with zero attached hydrogens (tertiary/aromatic N) is 3. The van der Waals surface area contributed by atoms with Crippen LogP contribution in [0.3, 0.4) is 0 Å². The summed E-state index contributed by atoms with van der Waals surface area (Å²) in [7, 11) is 0. The first-order chi connectivity index (χ1) is 7.79. The van der Waals surface area contributed by atoms with E-state index in [1.165, 1.54) is 11.8 Å². The van der Waals surface area contributed by atoms with E-state index in [-0.39, 0.29) is 0 Å². The quantitative estimate of drug-likeness (QED) is 0.852. The predicted molar refractivity (Wildman–Crippen MR) is 65.0 cm³/mol. The van der Waals surface area contributed by atoms with Gasteiger partial charge in [0.1, 0.15) is 11.1 Å². The number of hydrogen-bond acceptors (Lipinski definition) is 4. The molecular formula is C11H6BrN3S. The maximum absolute atomic E-state index is 9.00. The molecule has 0 spiro atoms. The van der Waals surface area contributed by atoms with Crippen molar-refractivity contribution in [1.29, 1.82) is 5.26 Å². The van der Waals surface area contributed by atoms with Crippen LogP contribution in [0.25, 0.3) is 0 Å². The Labute approximate surface area is 106 Å². The third-order valence-corrected chi connectivity index (χ3v) is 3.31. The minimum absolute atomic E-state index is 0.630. The molecule has 0 saturated heterocycles. The zero-order chi connectivity index (χ0) is 11.4. The third kappa shape index (κ3) is 2.60. The average molecular weight is 292 g/mol. The Morgan fingerprint density at radius 3 is 2.88 bits per heavy atom. The van der Waals surface area contributed by atoms with E-state index in [4.69, 9.17) is 5.26 Å². The van der Waals surface area contributed by atoms with Crippen LogP contribution < -0.4 is 0 Å². The van der Waals surface area contributed by atoms with Crippen molar-refractivity contribution in [2.45, 2.75) is 9.92 Å². The van der Waals surface area contributed by atoms with E-state index in [1.807, 2.05) is 12.1 Å². The molecule has 0 atom stereocenters. The fourth-order valence-electron chi connectivity index (χ4n) is 1.13. The Kier molecular flexibility index (Phi) is 3.54. The summed E-state index contributed by atoms with van der Waals surface area (Å²) in [6, 6.07) is 7.74. The molecule has 0 fully saturated rings. The van der Waals surface area contributed by atoms with Crippen LogP contribution >= 0.6 is 27.7 Å². The molecular weight excluding hydrogens is 286 g/mol. The molecule has 1 aromatic carbocycles. The Hall–Kier alpha value is -1.38. The Bertz CT molecular complexity index is 537. The van der Waals surface area contributed by atoms with Crippen molar-refractivity contribution in [1.82, 2.24) is 9.97 Å². The van der Waals surface area contributed by atoms with Crippen molar-refractivity contribution in [2.75, 3.05) is 0 Å². The van der Waals surface area contributed by atoms with Crippen molar-refractivity contribution < 1.29 is 0 Å². The van der Waals surface area contributed by atoms with Gasteiger partial charge in [0.15, 0.2) is 0 Å². The molecule has 1 aromatic heterocycles. The first-order valence-electron chi connectivity index (χ1n) is 4.43. The number of nitriles is 1. The predicted octanol–water partition coefficient (Wildman–Crippen LogP) is 3.26. The maximum Gasteiger partial charge on any atom is 0.119 e. The summed E-state index contributed by atoms with van der Waals surface area (Å²) in [6.07, 6.45) is 4.93. The normalized spacial score (nSPS) is 9.75. The van der Waals surface area contributed by atoms with E-state index in [1.54, 1.807) is 24.7 Å². The molecule has 0 N–H and O–H groups in total. The van der Waals surface area contributed by atoms with Gasteiger partial charge in [-0.2, -0.15) is 5.26 Å². The van der Waals surface area contributed by atoms with Gasteiger partial charge in [-0.15, -0.1) is 0 Å².